The van der Waals surface area contributed by atoms with E-state index in [1.54, 1.807) is 0 Å². The number of ether oxygens (including phenoxy) is 1. The van der Waals surface area contributed by atoms with Gasteiger partial charge in [0.15, 0.2) is 11.5 Å². The fourth-order valence-corrected chi connectivity index (χ4v) is 2.06. The normalized spacial score (nSPS) is 10.2. The first-order valence-electron chi connectivity index (χ1n) is 5.66. The predicted octanol–water partition coefficient (Wildman–Crippen LogP) is 4.29. The van der Waals surface area contributed by atoms with Crippen molar-refractivity contribution in [2.24, 2.45) is 0 Å². The SMILES string of the molecule is CC(=O)c1ccc(Oc2c(Cl)cc([N+](=O)[O-])cc2Cl)nc1. The lowest BCUT2D eigenvalue weighted by atomic mass is 10.2. The number of non-ortho nitro benzene ring substituents is 1. The summed E-state index contributed by atoms with van der Waals surface area (Å²) in [5, 5.41) is 10.7. The minimum Gasteiger partial charge on any atom is -0.436 e. The molecule has 2 rings (SSSR count). The molecule has 0 spiro atoms. The first kappa shape index (κ1) is 15.2. The molecule has 0 aliphatic carbocycles. The van der Waals surface area contributed by atoms with Crippen LogP contribution in [0.5, 0.6) is 11.6 Å². The zero-order valence-corrected chi connectivity index (χ0v) is 12.2. The zero-order valence-electron chi connectivity index (χ0n) is 10.7. The van der Waals surface area contributed by atoms with Crippen LogP contribution in [0.3, 0.4) is 0 Å². The summed E-state index contributed by atoms with van der Waals surface area (Å²) < 4.78 is 5.40. The van der Waals surface area contributed by atoms with Gasteiger partial charge in [-0.2, -0.15) is 0 Å². The summed E-state index contributed by atoms with van der Waals surface area (Å²) in [5.41, 5.74) is 0.195. The Bertz CT molecular complexity index is 694. The number of rotatable bonds is 4. The molecule has 0 atom stereocenters. The van der Waals surface area contributed by atoms with Gasteiger partial charge in [0.25, 0.3) is 5.69 Å². The van der Waals surface area contributed by atoms with Crippen LogP contribution in [0.25, 0.3) is 0 Å². The minimum absolute atomic E-state index is 0.00774. The maximum atomic E-state index is 11.1. The van der Waals surface area contributed by atoms with Crippen molar-refractivity contribution in [3.8, 4) is 11.6 Å². The van der Waals surface area contributed by atoms with Gasteiger partial charge in [-0.3, -0.25) is 14.9 Å². The maximum absolute atomic E-state index is 11.1. The summed E-state index contributed by atoms with van der Waals surface area (Å²) in [6.07, 6.45) is 1.35. The Hall–Kier alpha value is -2.18. The summed E-state index contributed by atoms with van der Waals surface area (Å²) in [4.78, 5) is 25.1. The zero-order chi connectivity index (χ0) is 15.6. The van der Waals surface area contributed by atoms with Gasteiger partial charge < -0.3 is 4.74 Å². The highest BCUT2D eigenvalue weighted by Crippen LogP contribution is 2.38. The van der Waals surface area contributed by atoms with Crippen LogP contribution in [0.4, 0.5) is 5.69 Å². The Balaban J connectivity index is 2.31. The molecule has 2 aromatic rings. The second-order valence-electron chi connectivity index (χ2n) is 4.04. The number of Topliss-reactive ketones (excluding diaryl/α,β-unsaturated/α-hetero) is 1. The van der Waals surface area contributed by atoms with Gasteiger partial charge in [0.2, 0.25) is 5.88 Å². The van der Waals surface area contributed by atoms with Crippen molar-refractivity contribution in [1.82, 2.24) is 4.98 Å². The van der Waals surface area contributed by atoms with E-state index in [1.165, 1.54) is 25.3 Å². The number of ketones is 1. The Morgan fingerprint density at radius 3 is 2.33 bits per heavy atom. The van der Waals surface area contributed by atoms with Gasteiger partial charge >= 0.3 is 0 Å². The van der Waals surface area contributed by atoms with Crippen LogP contribution in [0.2, 0.25) is 10.0 Å². The van der Waals surface area contributed by atoms with Gasteiger partial charge in [-0.15, -0.1) is 0 Å². The highest BCUT2D eigenvalue weighted by Gasteiger charge is 2.16. The number of benzene rings is 1. The smallest absolute Gasteiger partial charge is 0.272 e. The molecule has 1 aromatic heterocycles. The van der Waals surface area contributed by atoms with Gasteiger partial charge in [0, 0.05) is 30.0 Å². The molecule has 8 heteroatoms. The van der Waals surface area contributed by atoms with Gasteiger partial charge in [0.05, 0.1) is 15.0 Å². The summed E-state index contributed by atoms with van der Waals surface area (Å²) in [7, 11) is 0. The van der Waals surface area contributed by atoms with Gasteiger partial charge in [-0.25, -0.2) is 4.98 Å². The third kappa shape index (κ3) is 3.48. The summed E-state index contributed by atoms with van der Waals surface area (Å²) >= 11 is 11.8. The molecule has 21 heavy (non-hydrogen) atoms. The van der Waals surface area contributed by atoms with Crippen molar-refractivity contribution in [3.05, 3.63) is 56.2 Å². The Morgan fingerprint density at radius 2 is 1.90 bits per heavy atom. The number of carbonyl (C=O) groups excluding carboxylic acids is 1. The van der Waals surface area contributed by atoms with Crippen molar-refractivity contribution < 1.29 is 14.5 Å². The van der Waals surface area contributed by atoms with Gasteiger partial charge in [-0.05, 0) is 13.0 Å². The summed E-state index contributed by atoms with van der Waals surface area (Å²) in [6, 6.07) is 5.28. The van der Waals surface area contributed by atoms with Crippen molar-refractivity contribution in [1.29, 1.82) is 0 Å². The Morgan fingerprint density at radius 1 is 1.29 bits per heavy atom. The summed E-state index contributed by atoms with van der Waals surface area (Å²) in [5.74, 6) is 0.102. The standard InChI is InChI=1S/C13H8Cl2N2O4/c1-7(18)8-2-3-12(16-6-8)21-13-10(14)4-9(17(19)20)5-11(13)15/h2-6H,1H3. The molecule has 0 unspecified atom stereocenters. The molecule has 108 valence electrons. The predicted molar refractivity (Wildman–Crippen MR) is 77.4 cm³/mol. The number of hydrogen-bond donors (Lipinski definition) is 0. The second-order valence-corrected chi connectivity index (χ2v) is 4.85. The molecule has 0 saturated heterocycles. The molecule has 0 N–H and O–H groups in total. The molecular weight excluding hydrogens is 319 g/mol. The second kappa shape index (κ2) is 6.07. The maximum Gasteiger partial charge on any atom is 0.272 e. The molecule has 0 amide bonds. The molecule has 0 aliphatic heterocycles. The van der Waals surface area contributed by atoms with E-state index in [2.05, 4.69) is 4.98 Å². The molecule has 0 saturated carbocycles. The largest absolute Gasteiger partial charge is 0.436 e. The highest BCUT2D eigenvalue weighted by atomic mass is 35.5. The number of pyridine rings is 1. The van der Waals surface area contributed by atoms with Crippen molar-refractivity contribution in [2.75, 3.05) is 0 Å². The van der Waals surface area contributed by atoms with Crippen LogP contribution in [-0.2, 0) is 0 Å². The monoisotopic (exact) mass is 326 g/mol. The number of nitrogens with zero attached hydrogens (tertiary/aromatic N) is 2. The van der Waals surface area contributed by atoms with E-state index in [4.69, 9.17) is 27.9 Å². The Labute approximate surface area is 129 Å². The van der Waals surface area contributed by atoms with Gasteiger partial charge in [-0.1, -0.05) is 23.2 Å². The van der Waals surface area contributed by atoms with E-state index in [0.29, 0.717) is 5.56 Å². The fourth-order valence-electron chi connectivity index (χ4n) is 1.50. The molecule has 6 nitrogen and oxygen atoms in total. The molecule has 0 radical (unpaired) electrons. The van der Waals surface area contributed by atoms with Crippen LogP contribution in [0, 0.1) is 10.1 Å². The number of aromatic nitrogens is 1. The van der Waals surface area contributed by atoms with Crippen LogP contribution < -0.4 is 4.74 Å². The number of nitro groups is 1. The summed E-state index contributed by atoms with van der Waals surface area (Å²) in [6.45, 7) is 1.42. The molecule has 1 heterocycles. The van der Waals surface area contributed by atoms with Crippen LogP contribution >= 0.6 is 23.2 Å². The lowest BCUT2D eigenvalue weighted by molar-refractivity contribution is -0.384. The Kier molecular flexibility index (Phi) is 4.40. The molecule has 0 fully saturated rings. The highest BCUT2D eigenvalue weighted by molar-refractivity contribution is 6.37. The minimum atomic E-state index is -0.610. The first-order chi connectivity index (χ1) is 9.88. The molecule has 0 bridgehead atoms. The van der Waals surface area contributed by atoms with Crippen LogP contribution in [0.15, 0.2) is 30.5 Å². The first-order valence-corrected chi connectivity index (χ1v) is 6.42. The third-order valence-electron chi connectivity index (χ3n) is 2.54. The van der Waals surface area contributed by atoms with Crippen LogP contribution in [-0.4, -0.2) is 15.7 Å². The number of halogens is 2. The van der Waals surface area contributed by atoms with Crippen molar-refractivity contribution in [2.45, 2.75) is 6.92 Å². The topological polar surface area (TPSA) is 82.3 Å². The average Bonchev–Trinajstić information content (AvgIpc) is 2.43. The van der Waals surface area contributed by atoms with E-state index in [9.17, 15) is 14.9 Å². The fraction of sp³-hybridized carbons (Fsp3) is 0.0769. The van der Waals surface area contributed by atoms with E-state index < -0.39 is 4.92 Å². The average molecular weight is 327 g/mol. The van der Waals surface area contributed by atoms with E-state index in [0.717, 1.165) is 12.1 Å². The lowest BCUT2D eigenvalue weighted by Gasteiger charge is -2.08. The van der Waals surface area contributed by atoms with Gasteiger partial charge in [0.1, 0.15) is 0 Å². The number of nitro benzene ring substituents is 1. The number of hydrogen-bond acceptors (Lipinski definition) is 5. The van der Waals surface area contributed by atoms with Crippen LogP contribution in [0.1, 0.15) is 17.3 Å². The van der Waals surface area contributed by atoms with E-state index in [1.807, 2.05) is 0 Å². The van der Waals surface area contributed by atoms with E-state index >= 15 is 0 Å². The third-order valence-corrected chi connectivity index (χ3v) is 3.10. The molecular formula is C13H8Cl2N2O4. The molecule has 0 aliphatic rings. The molecule has 1 aromatic carbocycles. The lowest BCUT2D eigenvalue weighted by Crippen LogP contribution is -1.96. The van der Waals surface area contributed by atoms with Crippen molar-refractivity contribution in [3.63, 3.8) is 0 Å². The van der Waals surface area contributed by atoms with E-state index in [-0.39, 0.29) is 33.1 Å². The van der Waals surface area contributed by atoms with Crippen molar-refractivity contribution >= 4 is 34.7 Å². The number of carbonyl (C=O) groups is 1. The quantitative estimate of drug-likeness (QED) is 0.475.